The van der Waals surface area contributed by atoms with Gasteiger partial charge in [0.15, 0.2) is 4.77 Å². The van der Waals surface area contributed by atoms with Crippen LogP contribution in [0.3, 0.4) is 0 Å². The lowest BCUT2D eigenvalue weighted by molar-refractivity contribution is 0.317. The number of hydrogen-bond donors (Lipinski definition) is 1. The summed E-state index contributed by atoms with van der Waals surface area (Å²) in [5.41, 5.74) is 2.25. The van der Waals surface area contributed by atoms with E-state index in [1.165, 1.54) is 5.69 Å². The molecule has 18 heavy (non-hydrogen) atoms. The van der Waals surface area contributed by atoms with E-state index < -0.39 is 0 Å². The minimum Gasteiger partial charge on any atom is -0.494 e. The fraction of sp³-hybridized carbons (Fsp3) is 0.357. The Bertz CT molecular complexity index is 554. The number of ether oxygens (including phenoxy) is 1. The molecular weight excluding hydrogens is 244 g/mol. The van der Waals surface area contributed by atoms with Gasteiger partial charge in [-0.25, -0.2) is 0 Å². The molecule has 0 aliphatic carbocycles. The molecule has 0 saturated heterocycles. The van der Waals surface area contributed by atoms with Crippen LogP contribution in [-0.4, -0.2) is 16.2 Å². The van der Waals surface area contributed by atoms with Gasteiger partial charge in [0.1, 0.15) is 5.75 Å². The molecule has 2 aromatic rings. The SMILES string of the molecule is CCCOc1ccc(-n2c(CC)c[nH]c2=S)cc1. The van der Waals surface area contributed by atoms with E-state index in [1.54, 1.807) is 0 Å². The summed E-state index contributed by atoms with van der Waals surface area (Å²) in [7, 11) is 0. The monoisotopic (exact) mass is 262 g/mol. The van der Waals surface area contributed by atoms with Crippen LogP contribution in [-0.2, 0) is 6.42 Å². The maximum atomic E-state index is 5.57. The van der Waals surface area contributed by atoms with Crippen molar-refractivity contribution in [1.82, 2.24) is 9.55 Å². The van der Waals surface area contributed by atoms with E-state index in [0.717, 1.165) is 35.7 Å². The zero-order chi connectivity index (χ0) is 13.0. The molecule has 0 aliphatic heterocycles. The maximum Gasteiger partial charge on any atom is 0.182 e. The van der Waals surface area contributed by atoms with Gasteiger partial charge in [0, 0.05) is 17.6 Å². The lowest BCUT2D eigenvalue weighted by Gasteiger charge is -2.09. The van der Waals surface area contributed by atoms with E-state index >= 15 is 0 Å². The van der Waals surface area contributed by atoms with Gasteiger partial charge in [-0.15, -0.1) is 0 Å². The fourth-order valence-corrected chi connectivity index (χ4v) is 2.14. The van der Waals surface area contributed by atoms with Crippen molar-refractivity contribution in [3.63, 3.8) is 0 Å². The summed E-state index contributed by atoms with van der Waals surface area (Å²) >= 11 is 5.30. The van der Waals surface area contributed by atoms with Gasteiger partial charge in [-0.05, 0) is 49.3 Å². The topological polar surface area (TPSA) is 29.9 Å². The Morgan fingerprint density at radius 1 is 1.22 bits per heavy atom. The number of aromatic nitrogens is 2. The Balaban J connectivity index is 2.28. The quantitative estimate of drug-likeness (QED) is 0.829. The summed E-state index contributed by atoms with van der Waals surface area (Å²) in [5.74, 6) is 0.903. The molecule has 1 aromatic carbocycles. The van der Waals surface area contributed by atoms with Gasteiger partial charge in [0.25, 0.3) is 0 Å². The van der Waals surface area contributed by atoms with Gasteiger partial charge in [0.2, 0.25) is 0 Å². The van der Waals surface area contributed by atoms with Crippen LogP contribution in [0.5, 0.6) is 5.75 Å². The van der Waals surface area contributed by atoms with Crippen LogP contribution >= 0.6 is 12.2 Å². The second-order valence-electron chi connectivity index (χ2n) is 4.12. The van der Waals surface area contributed by atoms with Crippen molar-refractivity contribution >= 4 is 12.2 Å². The van der Waals surface area contributed by atoms with Crippen molar-refractivity contribution in [3.8, 4) is 11.4 Å². The van der Waals surface area contributed by atoms with Gasteiger partial charge in [-0.3, -0.25) is 4.57 Å². The molecule has 0 saturated carbocycles. The normalized spacial score (nSPS) is 10.6. The lowest BCUT2D eigenvalue weighted by atomic mass is 10.2. The molecular formula is C14H18N2OS. The first-order chi connectivity index (χ1) is 8.76. The van der Waals surface area contributed by atoms with Crippen molar-refractivity contribution in [2.24, 2.45) is 0 Å². The molecule has 4 heteroatoms. The van der Waals surface area contributed by atoms with E-state index in [2.05, 4.69) is 23.4 Å². The molecule has 0 fully saturated rings. The minimum absolute atomic E-state index is 0.731. The second-order valence-corrected chi connectivity index (χ2v) is 4.50. The van der Waals surface area contributed by atoms with Crippen molar-refractivity contribution in [3.05, 3.63) is 40.9 Å². The summed E-state index contributed by atoms with van der Waals surface area (Å²) < 4.78 is 8.36. The summed E-state index contributed by atoms with van der Waals surface area (Å²) in [4.78, 5) is 3.08. The largest absolute Gasteiger partial charge is 0.494 e. The highest BCUT2D eigenvalue weighted by Crippen LogP contribution is 2.18. The highest BCUT2D eigenvalue weighted by atomic mass is 32.1. The first-order valence-electron chi connectivity index (χ1n) is 6.28. The maximum absolute atomic E-state index is 5.57. The predicted molar refractivity (Wildman–Crippen MR) is 76.1 cm³/mol. The number of nitrogens with one attached hydrogen (secondary N) is 1. The average molecular weight is 262 g/mol. The molecule has 0 bridgehead atoms. The summed E-state index contributed by atoms with van der Waals surface area (Å²) in [5, 5.41) is 0. The highest BCUT2D eigenvalue weighted by molar-refractivity contribution is 7.71. The zero-order valence-corrected chi connectivity index (χ0v) is 11.6. The molecule has 96 valence electrons. The molecule has 1 heterocycles. The Morgan fingerprint density at radius 2 is 1.94 bits per heavy atom. The Kier molecular flexibility index (Phi) is 4.20. The van der Waals surface area contributed by atoms with E-state index in [-0.39, 0.29) is 0 Å². The predicted octanol–water partition coefficient (Wildman–Crippen LogP) is 3.89. The third-order valence-corrected chi connectivity index (χ3v) is 3.08. The Morgan fingerprint density at radius 3 is 2.56 bits per heavy atom. The number of rotatable bonds is 5. The van der Waals surface area contributed by atoms with Crippen molar-refractivity contribution < 1.29 is 4.74 Å². The van der Waals surface area contributed by atoms with Crippen LogP contribution in [0.2, 0.25) is 0 Å². The van der Waals surface area contributed by atoms with Gasteiger partial charge < -0.3 is 9.72 Å². The van der Waals surface area contributed by atoms with Crippen LogP contribution in [0.25, 0.3) is 5.69 Å². The Labute approximate surface area is 112 Å². The smallest absolute Gasteiger partial charge is 0.182 e. The molecule has 2 rings (SSSR count). The van der Waals surface area contributed by atoms with Gasteiger partial charge in [0.05, 0.1) is 6.61 Å². The van der Waals surface area contributed by atoms with E-state index in [1.807, 2.05) is 30.5 Å². The third-order valence-electron chi connectivity index (χ3n) is 2.78. The first kappa shape index (κ1) is 12.9. The van der Waals surface area contributed by atoms with E-state index in [4.69, 9.17) is 17.0 Å². The van der Waals surface area contributed by atoms with Crippen LogP contribution in [0.1, 0.15) is 26.0 Å². The molecule has 0 atom stereocenters. The average Bonchev–Trinajstić information content (AvgIpc) is 2.78. The highest BCUT2D eigenvalue weighted by Gasteiger charge is 2.04. The van der Waals surface area contributed by atoms with Crippen LogP contribution in [0.15, 0.2) is 30.5 Å². The molecule has 0 spiro atoms. The minimum atomic E-state index is 0.731. The fourth-order valence-electron chi connectivity index (χ4n) is 1.86. The standard InChI is InChI=1S/C14H18N2OS/c1-3-9-17-13-7-5-12(6-8-13)16-11(4-2)10-15-14(16)18/h5-8,10H,3-4,9H2,1-2H3,(H,15,18). The van der Waals surface area contributed by atoms with Crippen molar-refractivity contribution in [2.45, 2.75) is 26.7 Å². The molecule has 0 amide bonds. The number of aromatic amines is 1. The second kappa shape index (κ2) is 5.87. The third kappa shape index (κ3) is 2.64. The van der Waals surface area contributed by atoms with Gasteiger partial charge in [-0.1, -0.05) is 13.8 Å². The molecule has 0 aliphatic rings. The van der Waals surface area contributed by atoms with Crippen LogP contribution in [0.4, 0.5) is 0 Å². The number of nitrogens with zero attached hydrogens (tertiary/aromatic N) is 1. The van der Waals surface area contributed by atoms with Crippen molar-refractivity contribution in [1.29, 1.82) is 0 Å². The molecule has 3 nitrogen and oxygen atoms in total. The molecule has 1 N–H and O–H groups in total. The number of aryl methyl sites for hydroxylation is 1. The number of H-pyrrole nitrogens is 1. The molecule has 0 unspecified atom stereocenters. The van der Waals surface area contributed by atoms with Gasteiger partial charge in [-0.2, -0.15) is 0 Å². The number of benzene rings is 1. The lowest BCUT2D eigenvalue weighted by Crippen LogP contribution is -2.00. The summed E-state index contributed by atoms with van der Waals surface area (Å²) in [6, 6.07) is 8.04. The summed E-state index contributed by atoms with van der Waals surface area (Å²) in [6.45, 7) is 4.97. The first-order valence-corrected chi connectivity index (χ1v) is 6.69. The van der Waals surface area contributed by atoms with Crippen LogP contribution < -0.4 is 4.74 Å². The van der Waals surface area contributed by atoms with Crippen LogP contribution in [0, 0.1) is 4.77 Å². The van der Waals surface area contributed by atoms with E-state index in [9.17, 15) is 0 Å². The molecule has 1 aromatic heterocycles. The zero-order valence-electron chi connectivity index (χ0n) is 10.8. The Hall–Kier alpha value is -1.55. The summed E-state index contributed by atoms with van der Waals surface area (Å²) in [6.07, 6.45) is 3.93. The van der Waals surface area contributed by atoms with E-state index in [0.29, 0.717) is 0 Å². The number of hydrogen-bond acceptors (Lipinski definition) is 2. The number of imidazole rings is 1. The molecule has 0 radical (unpaired) electrons. The van der Waals surface area contributed by atoms with Crippen molar-refractivity contribution in [2.75, 3.05) is 6.61 Å². The van der Waals surface area contributed by atoms with Gasteiger partial charge >= 0.3 is 0 Å².